The number of carbonyl (C=O) groups is 1. The second kappa shape index (κ2) is 8.48. The number of rotatable bonds is 7. The summed E-state index contributed by atoms with van der Waals surface area (Å²) in [5.74, 6) is 0.527. The zero-order valence-corrected chi connectivity index (χ0v) is 14.9. The molecule has 2 N–H and O–H groups in total. The summed E-state index contributed by atoms with van der Waals surface area (Å²) in [5.41, 5.74) is 4.97. The molecule has 0 unspecified atom stereocenters. The first-order valence-corrected chi connectivity index (χ1v) is 8.45. The highest BCUT2D eigenvalue weighted by atomic mass is 16.5. The topological polar surface area (TPSA) is 124 Å². The lowest BCUT2D eigenvalue weighted by Crippen LogP contribution is -2.30. The molecule has 2 heterocycles. The largest absolute Gasteiger partial charge is 0.424 e. The Balaban J connectivity index is 1.56. The summed E-state index contributed by atoms with van der Waals surface area (Å²) in [6.07, 6.45) is 1.36. The van der Waals surface area contributed by atoms with Gasteiger partial charge in [0.2, 0.25) is 5.76 Å². The summed E-state index contributed by atoms with van der Waals surface area (Å²) in [4.78, 5) is 24.4. The fraction of sp³-hybridized carbons (Fsp3) is 0. The summed E-state index contributed by atoms with van der Waals surface area (Å²) in [5, 5.41) is 3.48. The average Bonchev–Trinajstić information content (AvgIpc) is 3.28. The van der Waals surface area contributed by atoms with Gasteiger partial charge in [-0.1, -0.05) is 41.6 Å². The van der Waals surface area contributed by atoms with Crippen molar-refractivity contribution in [2.75, 3.05) is 5.43 Å². The highest BCUT2D eigenvalue weighted by Crippen LogP contribution is 2.23. The number of amides is 1. The Hall–Kier alpha value is -4.47. The number of aromatic nitrogens is 4. The van der Waals surface area contributed by atoms with E-state index in [9.17, 15) is 4.79 Å². The number of nitrogens with zero attached hydrogens (tertiary/aromatic N) is 4. The number of anilines is 1. The number of hydrogen-bond donors (Lipinski definition) is 2. The minimum atomic E-state index is -0.557. The van der Waals surface area contributed by atoms with Gasteiger partial charge >= 0.3 is 17.9 Å². The molecule has 4 aromatic rings. The third-order valence-electron chi connectivity index (χ3n) is 3.45. The first-order valence-electron chi connectivity index (χ1n) is 8.45. The standard InChI is InChI=1S/C19H14N6O4/c26-16(15-11-12-20-29-15)24-25-17-21-18(27-13-7-3-1-4-8-13)23-19(22-17)28-14-9-5-2-6-10-14/h1-12H,(H,24,26)(H,21,22,23,25). The molecule has 0 aliphatic heterocycles. The van der Waals surface area contributed by atoms with Crippen molar-refractivity contribution in [1.82, 2.24) is 25.5 Å². The van der Waals surface area contributed by atoms with Crippen molar-refractivity contribution < 1.29 is 18.8 Å². The van der Waals surface area contributed by atoms with Crippen LogP contribution in [0.1, 0.15) is 10.6 Å². The van der Waals surface area contributed by atoms with Gasteiger partial charge in [-0.05, 0) is 24.3 Å². The summed E-state index contributed by atoms with van der Waals surface area (Å²) in [6, 6.07) is 19.3. The van der Waals surface area contributed by atoms with Crippen LogP contribution in [0.25, 0.3) is 0 Å². The van der Waals surface area contributed by atoms with Crippen LogP contribution < -0.4 is 20.3 Å². The van der Waals surface area contributed by atoms with Crippen LogP contribution in [0.4, 0.5) is 5.95 Å². The van der Waals surface area contributed by atoms with Crippen molar-refractivity contribution in [2.24, 2.45) is 0 Å². The van der Waals surface area contributed by atoms with Crippen molar-refractivity contribution in [3.05, 3.63) is 78.7 Å². The Bertz CT molecular complexity index is 1010. The Morgan fingerprint density at radius 1 is 0.793 bits per heavy atom. The summed E-state index contributed by atoms with van der Waals surface area (Å²) >= 11 is 0. The number of carbonyl (C=O) groups excluding carboxylic acids is 1. The lowest BCUT2D eigenvalue weighted by atomic mass is 10.3. The van der Waals surface area contributed by atoms with E-state index in [1.807, 2.05) is 36.4 Å². The molecule has 0 fully saturated rings. The molecule has 1 amide bonds. The van der Waals surface area contributed by atoms with E-state index in [1.165, 1.54) is 12.3 Å². The first kappa shape index (κ1) is 17.9. The van der Waals surface area contributed by atoms with Crippen molar-refractivity contribution in [2.45, 2.75) is 0 Å². The molecule has 0 saturated heterocycles. The molecule has 0 aliphatic rings. The van der Waals surface area contributed by atoms with Crippen LogP contribution in [-0.4, -0.2) is 26.0 Å². The minimum absolute atomic E-state index is 0.00438. The van der Waals surface area contributed by atoms with E-state index in [0.29, 0.717) is 11.5 Å². The second-order valence-corrected chi connectivity index (χ2v) is 5.51. The van der Waals surface area contributed by atoms with Crippen molar-refractivity contribution >= 4 is 11.9 Å². The molecular formula is C19H14N6O4. The monoisotopic (exact) mass is 390 g/mol. The molecule has 10 nitrogen and oxygen atoms in total. The molecule has 144 valence electrons. The zero-order valence-electron chi connectivity index (χ0n) is 14.9. The van der Waals surface area contributed by atoms with E-state index < -0.39 is 5.91 Å². The van der Waals surface area contributed by atoms with Crippen LogP contribution in [0.15, 0.2) is 77.4 Å². The molecular weight excluding hydrogens is 376 g/mol. The molecule has 2 aromatic carbocycles. The van der Waals surface area contributed by atoms with E-state index >= 15 is 0 Å². The Labute approximate surface area is 164 Å². The normalized spacial score (nSPS) is 10.2. The molecule has 0 bridgehead atoms. The summed E-state index contributed by atoms with van der Waals surface area (Å²) in [7, 11) is 0. The number of para-hydroxylation sites is 2. The van der Waals surface area contributed by atoms with E-state index in [2.05, 4.69) is 31.0 Å². The SMILES string of the molecule is O=C(NNc1nc(Oc2ccccc2)nc(Oc2ccccc2)n1)c1ccno1. The molecule has 4 rings (SSSR count). The maximum absolute atomic E-state index is 12.0. The number of nitrogens with one attached hydrogen (secondary N) is 2. The van der Waals surface area contributed by atoms with E-state index in [4.69, 9.17) is 14.0 Å². The Kier molecular flexibility index (Phi) is 5.24. The predicted molar refractivity (Wildman–Crippen MR) is 100 cm³/mol. The van der Waals surface area contributed by atoms with E-state index in [-0.39, 0.29) is 23.7 Å². The fourth-order valence-corrected chi connectivity index (χ4v) is 2.18. The van der Waals surface area contributed by atoms with E-state index in [1.54, 1.807) is 24.3 Å². The molecule has 0 radical (unpaired) electrons. The maximum atomic E-state index is 12.0. The van der Waals surface area contributed by atoms with Gasteiger partial charge in [0, 0.05) is 6.07 Å². The van der Waals surface area contributed by atoms with Crippen LogP contribution in [0.5, 0.6) is 23.5 Å². The van der Waals surface area contributed by atoms with Crippen LogP contribution in [-0.2, 0) is 0 Å². The molecule has 0 aliphatic carbocycles. The maximum Gasteiger partial charge on any atom is 0.330 e. The lowest BCUT2D eigenvalue weighted by Gasteiger charge is -2.10. The molecule has 0 atom stereocenters. The number of hydrogen-bond acceptors (Lipinski definition) is 9. The van der Waals surface area contributed by atoms with Gasteiger partial charge in [-0.25, -0.2) is 0 Å². The van der Waals surface area contributed by atoms with Gasteiger partial charge in [0.25, 0.3) is 5.95 Å². The second-order valence-electron chi connectivity index (χ2n) is 5.51. The van der Waals surface area contributed by atoms with Crippen LogP contribution in [0, 0.1) is 0 Å². The Morgan fingerprint density at radius 2 is 1.38 bits per heavy atom. The minimum Gasteiger partial charge on any atom is -0.424 e. The van der Waals surface area contributed by atoms with Crippen molar-refractivity contribution in [1.29, 1.82) is 0 Å². The van der Waals surface area contributed by atoms with Crippen LogP contribution >= 0.6 is 0 Å². The van der Waals surface area contributed by atoms with Crippen molar-refractivity contribution in [3.8, 4) is 23.5 Å². The van der Waals surface area contributed by atoms with Gasteiger partial charge in [0.15, 0.2) is 0 Å². The van der Waals surface area contributed by atoms with Gasteiger partial charge in [-0.2, -0.15) is 9.97 Å². The summed E-state index contributed by atoms with van der Waals surface area (Å²) in [6.45, 7) is 0. The van der Waals surface area contributed by atoms with Gasteiger partial charge in [-0.15, -0.1) is 4.98 Å². The number of ether oxygens (including phenoxy) is 2. The average molecular weight is 390 g/mol. The molecule has 2 aromatic heterocycles. The third-order valence-corrected chi connectivity index (χ3v) is 3.45. The third kappa shape index (κ3) is 4.83. The predicted octanol–water partition coefficient (Wildman–Crippen LogP) is 3.20. The smallest absolute Gasteiger partial charge is 0.330 e. The number of hydrazine groups is 1. The van der Waals surface area contributed by atoms with Gasteiger partial charge < -0.3 is 14.0 Å². The van der Waals surface area contributed by atoms with Crippen molar-refractivity contribution in [3.63, 3.8) is 0 Å². The lowest BCUT2D eigenvalue weighted by molar-refractivity contribution is 0.0925. The highest BCUT2D eigenvalue weighted by molar-refractivity contribution is 5.91. The molecule has 10 heteroatoms. The molecule has 29 heavy (non-hydrogen) atoms. The highest BCUT2D eigenvalue weighted by Gasteiger charge is 2.13. The molecule has 0 spiro atoms. The quantitative estimate of drug-likeness (QED) is 0.458. The van der Waals surface area contributed by atoms with Gasteiger partial charge in [0.1, 0.15) is 11.5 Å². The van der Waals surface area contributed by atoms with E-state index in [0.717, 1.165) is 0 Å². The zero-order chi connectivity index (χ0) is 19.9. The molecule has 0 saturated carbocycles. The summed E-state index contributed by atoms with van der Waals surface area (Å²) < 4.78 is 16.1. The van der Waals surface area contributed by atoms with Crippen LogP contribution in [0.3, 0.4) is 0 Å². The van der Waals surface area contributed by atoms with Gasteiger partial charge in [-0.3, -0.25) is 15.6 Å². The first-order chi connectivity index (χ1) is 14.3. The van der Waals surface area contributed by atoms with Gasteiger partial charge in [0.05, 0.1) is 6.20 Å². The number of benzene rings is 2. The van der Waals surface area contributed by atoms with Crippen LogP contribution in [0.2, 0.25) is 0 Å². The fourth-order valence-electron chi connectivity index (χ4n) is 2.18. The Morgan fingerprint density at radius 3 is 1.90 bits per heavy atom.